The summed E-state index contributed by atoms with van der Waals surface area (Å²) in [7, 11) is 0. The molecule has 1 atom stereocenters. The Morgan fingerprint density at radius 3 is 2.47 bits per heavy atom. The number of hydrogen-bond acceptors (Lipinski definition) is 3. The second-order valence-electron chi connectivity index (χ2n) is 6.03. The number of fused-ring (bicyclic) bond motifs is 1. The molecule has 2 aliphatic rings. The summed E-state index contributed by atoms with van der Waals surface area (Å²) in [5, 5.41) is 12.6. The van der Waals surface area contributed by atoms with Crippen molar-refractivity contribution in [3.63, 3.8) is 0 Å². The van der Waals surface area contributed by atoms with Crippen LogP contribution >= 0.6 is 0 Å². The molecule has 1 fully saturated rings. The van der Waals surface area contributed by atoms with Crippen LogP contribution in [0.2, 0.25) is 0 Å². The summed E-state index contributed by atoms with van der Waals surface area (Å²) < 4.78 is 2.41. The average molecular weight is 262 g/mol. The van der Waals surface area contributed by atoms with Crippen molar-refractivity contribution in [2.24, 2.45) is 0 Å². The smallest absolute Gasteiger partial charge is 0.150 e. The highest BCUT2D eigenvalue weighted by molar-refractivity contribution is 5.08. The van der Waals surface area contributed by atoms with Gasteiger partial charge in [0.15, 0.2) is 0 Å². The van der Waals surface area contributed by atoms with E-state index in [0.717, 1.165) is 19.5 Å². The predicted octanol–water partition coefficient (Wildman–Crippen LogP) is 3.16. The van der Waals surface area contributed by atoms with Gasteiger partial charge in [-0.15, -0.1) is 10.2 Å². The van der Waals surface area contributed by atoms with Gasteiger partial charge in [-0.3, -0.25) is 0 Å². The second-order valence-corrected chi connectivity index (χ2v) is 6.03. The van der Waals surface area contributed by atoms with Gasteiger partial charge in [0, 0.05) is 19.0 Å². The van der Waals surface area contributed by atoms with Crippen LogP contribution in [0, 0.1) is 0 Å². The van der Waals surface area contributed by atoms with E-state index < -0.39 is 0 Å². The zero-order valence-electron chi connectivity index (χ0n) is 12.1. The van der Waals surface area contributed by atoms with E-state index in [0.29, 0.717) is 12.0 Å². The first-order valence-corrected chi connectivity index (χ1v) is 8.06. The molecule has 1 aromatic rings. The van der Waals surface area contributed by atoms with E-state index in [-0.39, 0.29) is 0 Å². The molecule has 0 bridgehead atoms. The summed E-state index contributed by atoms with van der Waals surface area (Å²) in [4.78, 5) is 0. The second kappa shape index (κ2) is 6.04. The molecule has 2 heterocycles. The van der Waals surface area contributed by atoms with Crippen LogP contribution in [0.25, 0.3) is 0 Å². The van der Waals surface area contributed by atoms with Crippen molar-refractivity contribution < 1.29 is 0 Å². The van der Waals surface area contributed by atoms with Gasteiger partial charge < -0.3 is 9.88 Å². The van der Waals surface area contributed by atoms with Gasteiger partial charge in [-0.25, -0.2) is 0 Å². The molecule has 106 valence electrons. The third-order valence-corrected chi connectivity index (χ3v) is 4.72. The molecule has 4 nitrogen and oxygen atoms in total. The van der Waals surface area contributed by atoms with Gasteiger partial charge >= 0.3 is 0 Å². The number of rotatable bonds is 2. The maximum absolute atomic E-state index is 4.56. The van der Waals surface area contributed by atoms with Gasteiger partial charge in [0.05, 0.1) is 6.04 Å². The van der Waals surface area contributed by atoms with Crippen LogP contribution < -0.4 is 5.32 Å². The van der Waals surface area contributed by atoms with Crippen LogP contribution in [-0.2, 0) is 6.54 Å². The van der Waals surface area contributed by atoms with Gasteiger partial charge in [0.25, 0.3) is 0 Å². The predicted molar refractivity (Wildman–Crippen MR) is 76.1 cm³/mol. The van der Waals surface area contributed by atoms with E-state index in [1.165, 1.54) is 56.6 Å². The van der Waals surface area contributed by atoms with E-state index in [1.807, 2.05) is 0 Å². The highest BCUT2D eigenvalue weighted by Crippen LogP contribution is 2.32. The largest absolute Gasteiger partial charge is 0.312 e. The fourth-order valence-electron chi connectivity index (χ4n) is 3.60. The molecular formula is C15H26N4. The standard InChI is InChI=1S/C15H26N4/c1-2-13-15-18-17-14(19(15)11-10-16-13)12-8-6-4-3-5-7-9-12/h12-13,16H,2-11H2,1H3. The molecule has 1 aliphatic heterocycles. The minimum atomic E-state index is 0.406. The lowest BCUT2D eigenvalue weighted by Crippen LogP contribution is -2.34. The summed E-state index contributed by atoms with van der Waals surface area (Å²) in [6.45, 7) is 4.32. The maximum atomic E-state index is 4.56. The Morgan fingerprint density at radius 2 is 1.74 bits per heavy atom. The molecule has 1 aromatic heterocycles. The molecule has 1 unspecified atom stereocenters. The minimum absolute atomic E-state index is 0.406. The summed E-state index contributed by atoms with van der Waals surface area (Å²) in [5.74, 6) is 3.10. The Labute approximate surface area is 116 Å². The highest BCUT2D eigenvalue weighted by atomic mass is 15.3. The molecule has 1 N–H and O–H groups in total. The van der Waals surface area contributed by atoms with E-state index in [4.69, 9.17) is 0 Å². The van der Waals surface area contributed by atoms with Crippen molar-refractivity contribution in [3.8, 4) is 0 Å². The Bertz CT molecular complexity index is 404. The third-order valence-electron chi connectivity index (χ3n) is 4.72. The van der Waals surface area contributed by atoms with E-state index in [2.05, 4.69) is 27.0 Å². The maximum Gasteiger partial charge on any atom is 0.150 e. The Hall–Kier alpha value is -0.900. The van der Waals surface area contributed by atoms with Crippen molar-refractivity contribution in [2.75, 3.05) is 6.54 Å². The van der Waals surface area contributed by atoms with E-state index in [1.54, 1.807) is 0 Å². The quantitative estimate of drug-likeness (QED) is 0.890. The number of nitrogens with zero attached hydrogens (tertiary/aromatic N) is 3. The Balaban J connectivity index is 1.82. The van der Waals surface area contributed by atoms with Gasteiger partial charge in [-0.05, 0) is 19.3 Å². The topological polar surface area (TPSA) is 42.7 Å². The minimum Gasteiger partial charge on any atom is -0.312 e. The molecule has 0 radical (unpaired) electrons. The Morgan fingerprint density at radius 1 is 1.05 bits per heavy atom. The highest BCUT2D eigenvalue weighted by Gasteiger charge is 2.27. The van der Waals surface area contributed by atoms with E-state index >= 15 is 0 Å². The van der Waals surface area contributed by atoms with Crippen molar-refractivity contribution in [1.29, 1.82) is 0 Å². The van der Waals surface area contributed by atoms with Crippen LogP contribution in [-0.4, -0.2) is 21.3 Å². The lowest BCUT2D eigenvalue weighted by molar-refractivity contribution is 0.380. The monoisotopic (exact) mass is 262 g/mol. The van der Waals surface area contributed by atoms with Gasteiger partial charge in [-0.1, -0.05) is 39.0 Å². The summed E-state index contributed by atoms with van der Waals surface area (Å²) >= 11 is 0. The molecule has 4 heteroatoms. The van der Waals surface area contributed by atoms with Crippen LogP contribution in [0.15, 0.2) is 0 Å². The molecule has 0 amide bonds. The molecule has 1 saturated carbocycles. The zero-order valence-corrected chi connectivity index (χ0v) is 12.1. The Kier molecular flexibility index (Phi) is 4.16. The molecule has 0 spiro atoms. The van der Waals surface area contributed by atoms with Gasteiger partial charge in [-0.2, -0.15) is 0 Å². The van der Waals surface area contributed by atoms with Gasteiger partial charge in [0.2, 0.25) is 0 Å². The lowest BCUT2D eigenvalue weighted by Gasteiger charge is -2.26. The van der Waals surface area contributed by atoms with Gasteiger partial charge in [0.1, 0.15) is 11.6 Å². The van der Waals surface area contributed by atoms with Crippen molar-refractivity contribution in [2.45, 2.75) is 76.8 Å². The number of aromatic nitrogens is 3. The van der Waals surface area contributed by atoms with Crippen LogP contribution in [0.4, 0.5) is 0 Å². The summed E-state index contributed by atoms with van der Waals surface area (Å²) in [5.41, 5.74) is 0. The SMILES string of the molecule is CCC1NCCn2c(C3CCCCCCC3)nnc21. The van der Waals surface area contributed by atoms with Crippen molar-refractivity contribution in [1.82, 2.24) is 20.1 Å². The average Bonchev–Trinajstić information content (AvgIpc) is 2.82. The van der Waals surface area contributed by atoms with Crippen LogP contribution in [0.5, 0.6) is 0 Å². The molecule has 0 aromatic carbocycles. The number of nitrogens with one attached hydrogen (secondary N) is 1. The first kappa shape index (κ1) is 13.1. The lowest BCUT2D eigenvalue weighted by atomic mass is 9.90. The molecule has 1 aliphatic carbocycles. The molecule has 3 rings (SSSR count). The molecule has 19 heavy (non-hydrogen) atoms. The normalized spacial score (nSPS) is 25.6. The first-order chi connectivity index (χ1) is 9.40. The van der Waals surface area contributed by atoms with Crippen molar-refractivity contribution >= 4 is 0 Å². The summed E-state index contributed by atoms with van der Waals surface area (Å²) in [6, 6.07) is 0.406. The van der Waals surface area contributed by atoms with Crippen LogP contribution in [0.1, 0.15) is 81.9 Å². The van der Waals surface area contributed by atoms with E-state index in [9.17, 15) is 0 Å². The molecular weight excluding hydrogens is 236 g/mol. The van der Waals surface area contributed by atoms with Crippen molar-refractivity contribution in [3.05, 3.63) is 11.6 Å². The fourth-order valence-corrected chi connectivity index (χ4v) is 3.60. The molecule has 0 saturated heterocycles. The summed E-state index contributed by atoms with van der Waals surface area (Å²) in [6.07, 6.45) is 10.7. The number of hydrogen-bond donors (Lipinski definition) is 1. The fraction of sp³-hybridized carbons (Fsp3) is 0.867. The zero-order chi connectivity index (χ0) is 13.1. The first-order valence-electron chi connectivity index (χ1n) is 8.06. The third kappa shape index (κ3) is 2.69. The van der Waals surface area contributed by atoms with Crippen LogP contribution in [0.3, 0.4) is 0 Å².